The Morgan fingerprint density at radius 2 is 2.10 bits per heavy atom. The van der Waals surface area contributed by atoms with Crippen LogP contribution < -0.4 is 0 Å². The Kier molecular flexibility index (Phi) is 1.07. The molecule has 0 aromatic rings. The minimum absolute atomic E-state index is 0.718. The fourth-order valence-electron chi connectivity index (χ4n) is 3.10. The van der Waals surface area contributed by atoms with Crippen LogP contribution in [0.3, 0.4) is 0 Å². The van der Waals surface area contributed by atoms with E-state index in [0.717, 1.165) is 16.7 Å². The first-order valence-corrected chi connectivity index (χ1v) is 4.62. The maximum Gasteiger partial charge on any atom is -0.0243 e. The van der Waals surface area contributed by atoms with Gasteiger partial charge in [0.2, 0.25) is 0 Å². The molecule has 0 aliphatic heterocycles. The average Bonchev–Trinajstić information content (AvgIpc) is 1.96. The zero-order valence-electron chi connectivity index (χ0n) is 7.41. The Morgan fingerprint density at radius 1 is 1.40 bits per heavy atom. The van der Waals surface area contributed by atoms with E-state index in [-0.39, 0.29) is 0 Å². The summed E-state index contributed by atoms with van der Waals surface area (Å²) in [5, 5.41) is 0. The first-order chi connectivity index (χ1) is 4.62. The molecular formula is C10H18. The standard InChI is InChI=1S/C10H18/c1-4-9(2)7-8-5-6-10(8,9)3/h8H,4-7H2,1-3H3. The molecule has 0 heterocycles. The molecule has 0 aromatic carbocycles. The Balaban J connectivity index is 2.16. The average molecular weight is 138 g/mol. The van der Waals surface area contributed by atoms with E-state index in [4.69, 9.17) is 0 Å². The van der Waals surface area contributed by atoms with Gasteiger partial charge in [0.15, 0.2) is 0 Å². The van der Waals surface area contributed by atoms with E-state index in [1.807, 2.05) is 0 Å². The lowest BCUT2D eigenvalue weighted by molar-refractivity contribution is -0.196. The maximum absolute atomic E-state index is 2.49. The van der Waals surface area contributed by atoms with E-state index in [0.29, 0.717) is 0 Å². The SMILES string of the molecule is CCC1(C)CC2CCC21C. The number of fused-ring (bicyclic) bond motifs is 1. The fourth-order valence-corrected chi connectivity index (χ4v) is 3.10. The summed E-state index contributed by atoms with van der Waals surface area (Å²) >= 11 is 0. The molecule has 3 atom stereocenters. The molecule has 0 aromatic heterocycles. The molecule has 2 fully saturated rings. The van der Waals surface area contributed by atoms with Crippen molar-refractivity contribution in [1.29, 1.82) is 0 Å². The van der Waals surface area contributed by atoms with Gasteiger partial charge in [0.1, 0.15) is 0 Å². The highest BCUT2D eigenvalue weighted by Gasteiger charge is 2.63. The van der Waals surface area contributed by atoms with Crippen molar-refractivity contribution < 1.29 is 0 Å². The minimum Gasteiger partial charge on any atom is -0.0648 e. The van der Waals surface area contributed by atoms with Gasteiger partial charge in [0.05, 0.1) is 0 Å². The molecule has 0 amide bonds. The van der Waals surface area contributed by atoms with Crippen molar-refractivity contribution in [1.82, 2.24) is 0 Å². The molecule has 0 spiro atoms. The van der Waals surface area contributed by atoms with Crippen molar-refractivity contribution in [3.8, 4) is 0 Å². The smallest absolute Gasteiger partial charge is 0.0243 e. The van der Waals surface area contributed by atoms with Gasteiger partial charge in [-0.3, -0.25) is 0 Å². The van der Waals surface area contributed by atoms with Gasteiger partial charge >= 0.3 is 0 Å². The second-order valence-corrected chi connectivity index (χ2v) is 4.77. The first-order valence-electron chi connectivity index (χ1n) is 4.62. The zero-order valence-corrected chi connectivity index (χ0v) is 7.41. The molecule has 10 heavy (non-hydrogen) atoms. The summed E-state index contributed by atoms with van der Waals surface area (Å²) in [6.07, 6.45) is 5.92. The molecule has 58 valence electrons. The van der Waals surface area contributed by atoms with Gasteiger partial charge in [-0.25, -0.2) is 0 Å². The summed E-state index contributed by atoms with van der Waals surface area (Å²) in [5.41, 5.74) is 1.48. The van der Waals surface area contributed by atoms with Crippen LogP contribution in [0.15, 0.2) is 0 Å². The third kappa shape index (κ3) is 0.466. The van der Waals surface area contributed by atoms with Gasteiger partial charge in [-0.2, -0.15) is 0 Å². The molecule has 2 aliphatic rings. The molecule has 0 radical (unpaired) electrons. The molecule has 3 unspecified atom stereocenters. The van der Waals surface area contributed by atoms with Crippen LogP contribution in [0.5, 0.6) is 0 Å². The van der Waals surface area contributed by atoms with Gasteiger partial charge in [-0.1, -0.05) is 27.2 Å². The van der Waals surface area contributed by atoms with Gasteiger partial charge in [0.25, 0.3) is 0 Å². The van der Waals surface area contributed by atoms with Crippen molar-refractivity contribution >= 4 is 0 Å². The molecule has 2 aliphatic carbocycles. The number of rotatable bonds is 1. The highest BCUT2D eigenvalue weighted by molar-refractivity contribution is 5.12. The van der Waals surface area contributed by atoms with Crippen molar-refractivity contribution in [3.05, 3.63) is 0 Å². The Bertz CT molecular complexity index is 155. The summed E-state index contributed by atoms with van der Waals surface area (Å²) in [4.78, 5) is 0. The predicted octanol–water partition coefficient (Wildman–Crippen LogP) is 3.22. The highest BCUT2D eigenvalue weighted by atomic mass is 14.7. The Labute approximate surface area is 64.0 Å². The lowest BCUT2D eigenvalue weighted by atomic mass is 9.36. The van der Waals surface area contributed by atoms with E-state index in [9.17, 15) is 0 Å². The van der Waals surface area contributed by atoms with E-state index >= 15 is 0 Å². The van der Waals surface area contributed by atoms with Gasteiger partial charge in [0, 0.05) is 0 Å². The largest absolute Gasteiger partial charge is 0.0648 e. The van der Waals surface area contributed by atoms with E-state index in [2.05, 4.69) is 20.8 Å². The van der Waals surface area contributed by atoms with Gasteiger partial charge in [-0.05, 0) is 36.0 Å². The van der Waals surface area contributed by atoms with Crippen molar-refractivity contribution in [2.75, 3.05) is 0 Å². The van der Waals surface area contributed by atoms with E-state index in [1.165, 1.54) is 25.7 Å². The Morgan fingerprint density at radius 3 is 2.20 bits per heavy atom. The molecule has 0 bridgehead atoms. The topological polar surface area (TPSA) is 0 Å². The molecule has 0 nitrogen and oxygen atoms in total. The van der Waals surface area contributed by atoms with E-state index in [1.54, 1.807) is 0 Å². The molecular weight excluding hydrogens is 120 g/mol. The third-order valence-corrected chi connectivity index (χ3v) is 4.77. The normalized spacial score (nSPS) is 58.5. The second kappa shape index (κ2) is 1.60. The van der Waals surface area contributed by atoms with Crippen molar-refractivity contribution in [2.45, 2.75) is 46.5 Å². The summed E-state index contributed by atoms with van der Waals surface area (Å²) in [6, 6.07) is 0. The van der Waals surface area contributed by atoms with Crippen LogP contribution in [0.25, 0.3) is 0 Å². The minimum atomic E-state index is 0.718. The van der Waals surface area contributed by atoms with Gasteiger partial charge < -0.3 is 0 Å². The molecule has 2 saturated carbocycles. The van der Waals surface area contributed by atoms with Gasteiger partial charge in [-0.15, -0.1) is 0 Å². The summed E-state index contributed by atoms with van der Waals surface area (Å²) in [7, 11) is 0. The molecule has 0 saturated heterocycles. The monoisotopic (exact) mass is 138 g/mol. The lowest BCUT2D eigenvalue weighted by Crippen LogP contribution is -2.60. The molecule has 0 N–H and O–H groups in total. The van der Waals surface area contributed by atoms with Crippen molar-refractivity contribution in [3.63, 3.8) is 0 Å². The van der Waals surface area contributed by atoms with E-state index < -0.39 is 0 Å². The van der Waals surface area contributed by atoms with Crippen LogP contribution in [0.2, 0.25) is 0 Å². The highest BCUT2D eigenvalue weighted by Crippen LogP contribution is 2.72. The van der Waals surface area contributed by atoms with Crippen LogP contribution in [0.4, 0.5) is 0 Å². The summed E-state index contributed by atoms with van der Waals surface area (Å²) in [5.74, 6) is 1.11. The number of hydrogen-bond donors (Lipinski definition) is 0. The fraction of sp³-hybridized carbons (Fsp3) is 1.00. The summed E-state index contributed by atoms with van der Waals surface area (Å²) < 4.78 is 0. The third-order valence-electron chi connectivity index (χ3n) is 4.77. The van der Waals surface area contributed by atoms with Crippen LogP contribution >= 0.6 is 0 Å². The predicted molar refractivity (Wildman–Crippen MR) is 43.8 cm³/mol. The van der Waals surface area contributed by atoms with Crippen LogP contribution in [-0.2, 0) is 0 Å². The molecule has 2 rings (SSSR count). The van der Waals surface area contributed by atoms with Crippen LogP contribution in [0, 0.1) is 16.7 Å². The Hall–Kier alpha value is 0. The quantitative estimate of drug-likeness (QED) is 0.522. The van der Waals surface area contributed by atoms with Crippen LogP contribution in [0.1, 0.15) is 46.5 Å². The number of hydrogen-bond acceptors (Lipinski definition) is 0. The van der Waals surface area contributed by atoms with Crippen LogP contribution in [-0.4, -0.2) is 0 Å². The molecule has 0 heteroatoms. The van der Waals surface area contributed by atoms with Crippen molar-refractivity contribution in [2.24, 2.45) is 16.7 Å². The first kappa shape index (κ1) is 6.69. The zero-order chi connectivity index (χ0) is 7.41. The maximum atomic E-state index is 2.49. The second-order valence-electron chi connectivity index (χ2n) is 4.77. The lowest BCUT2D eigenvalue weighted by Gasteiger charge is -2.69. The summed E-state index contributed by atoms with van der Waals surface area (Å²) in [6.45, 7) is 7.32.